The van der Waals surface area contributed by atoms with Crippen molar-refractivity contribution in [3.63, 3.8) is 0 Å². The van der Waals surface area contributed by atoms with E-state index >= 15 is 0 Å². The lowest BCUT2D eigenvalue weighted by Gasteiger charge is -2.13. The summed E-state index contributed by atoms with van der Waals surface area (Å²) in [7, 11) is 0. The Morgan fingerprint density at radius 2 is 2.00 bits per heavy atom. The van der Waals surface area contributed by atoms with E-state index in [1.54, 1.807) is 0 Å². The summed E-state index contributed by atoms with van der Waals surface area (Å²) in [6.07, 6.45) is 0.651. The second-order valence-electron chi connectivity index (χ2n) is 5.16. The van der Waals surface area contributed by atoms with E-state index in [0.717, 1.165) is 11.6 Å². The lowest BCUT2D eigenvalue weighted by molar-refractivity contribution is 0.0634. The van der Waals surface area contributed by atoms with Gasteiger partial charge in [0.05, 0.1) is 11.7 Å². The number of hydrogen-bond acceptors (Lipinski definition) is 2. The summed E-state index contributed by atoms with van der Waals surface area (Å²) in [6.45, 7) is 2.92. The molecule has 0 aliphatic carbocycles. The highest BCUT2D eigenvalue weighted by molar-refractivity contribution is 6.30. The van der Waals surface area contributed by atoms with Gasteiger partial charge in [0.2, 0.25) is 0 Å². The van der Waals surface area contributed by atoms with Gasteiger partial charge in [-0.1, -0.05) is 41.9 Å². The highest BCUT2D eigenvalue weighted by atomic mass is 35.5. The molecule has 1 N–H and O–H groups in total. The van der Waals surface area contributed by atoms with E-state index in [0.29, 0.717) is 19.6 Å². The summed E-state index contributed by atoms with van der Waals surface area (Å²) < 4.78 is 19.3. The van der Waals surface area contributed by atoms with Crippen LogP contribution in [0.4, 0.5) is 4.39 Å². The smallest absolute Gasteiger partial charge is 0.254 e. The molecule has 0 aliphatic rings. The maximum Gasteiger partial charge on any atom is 0.254 e. The predicted molar refractivity (Wildman–Crippen MR) is 89.2 cm³/mol. The van der Waals surface area contributed by atoms with Crippen molar-refractivity contribution in [2.24, 2.45) is 0 Å². The van der Waals surface area contributed by atoms with Gasteiger partial charge in [-0.05, 0) is 37.1 Å². The van der Waals surface area contributed by atoms with Gasteiger partial charge in [0, 0.05) is 18.2 Å². The lowest BCUT2D eigenvalue weighted by atomic mass is 10.1. The summed E-state index contributed by atoms with van der Waals surface area (Å²) in [5.74, 6) is -1.07. The van der Waals surface area contributed by atoms with E-state index in [4.69, 9.17) is 16.3 Å². The molecule has 0 heterocycles. The quantitative estimate of drug-likeness (QED) is 0.763. The minimum atomic E-state index is -0.621. The van der Waals surface area contributed by atoms with Crippen molar-refractivity contribution in [3.8, 4) is 0 Å². The summed E-state index contributed by atoms with van der Waals surface area (Å²) in [6, 6.07) is 13.9. The van der Waals surface area contributed by atoms with E-state index < -0.39 is 11.7 Å². The third-order valence-electron chi connectivity index (χ3n) is 3.42. The van der Waals surface area contributed by atoms with Gasteiger partial charge in [0.1, 0.15) is 5.82 Å². The molecule has 0 spiro atoms. The maximum absolute atomic E-state index is 13.6. The molecule has 0 saturated heterocycles. The molecule has 23 heavy (non-hydrogen) atoms. The van der Waals surface area contributed by atoms with E-state index in [1.807, 2.05) is 37.3 Å². The van der Waals surface area contributed by atoms with Gasteiger partial charge in [-0.15, -0.1) is 0 Å². The predicted octanol–water partition coefficient (Wildman–Crippen LogP) is 4.38. The van der Waals surface area contributed by atoms with Gasteiger partial charge in [0.25, 0.3) is 5.91 Å². The largest absolute Gasteiger partial charge is 0.374 e. The van der Waals surface area contributed by atoms with Crippen LogP contribution >= 0.6 is 11.6 Å². The van der Waals surface area contributed by atoms with Gasteiger partial charge in [-0.3, -0.25) is 4.79 Å². The van der Waals surface area contributed by atoms with Gasteiger partial charge < -0.3 is 10.1 Å². The van der Waals surface area contributed by atoms with Gasteiger partial charge in [-0.2, -0.15) is 0 Å². The molecular weight excluding hydrogens is 317 g/mol. The second kappa shape index (κ2) is 8.65. The molecule has 5 heteroatoms. The Morgan fingerprint density at radius 1 is 1.26 bits per heavy atom. The highest BCUT2D eigenvalue weighted by Crippen LogP contribution is 2.16. The Kier molecular flexibility index (Phi) is 6.56. The number of halogens is 2. The first-order valence-electron chi connectivity index (χ1n) is 7.47. The minimum absolute atomic E-state index is 0.000566. The number of benzene rings is 2. The van der Waals surface area contributed by atoms with Crippen molar-refractivity contribution in [3.05, 3.63) is 70.5 Å². The number of rotatable bonds is 7. The van der Waals surface area contributed by atoms with E-state index in [9.17, 15) is 9.18 Å². The van der Waals surface area contributed by atoms with Gasteiger partial charge >= 0.3 is 0 Å². The van der Waals surface area contributed by atoms with Gasteiger partial charge in [0.15, 0.2) is 0 Å². The molecule has 122 valence electrons. The molecule has 0 aromatic heterocycles. The lowest BCUT2D eigenvalue weighted by Crippen LogP contribution is -2.26. The molecule has 2 rings (SSSR count). The maximum atomic E-state index is 13.6. The van der Waals surface area contributed by atoms with Crippen molar-refractivity contribution in [2.45, 2.75) is 19.4 Å². The molecule has 1 atom stereocenters. The number of ether oxygens (including phenoxy) is 1. The number of carbonyl (C=O) groups is 1. The van der Waals surface area contributed by atoms with Gasteiger partial charge in [-0.25, -0.2) is 4.39 Å². The van der Waals surface area contributed by atoms with E-state index in [1.165, 1.54) is 12.1 Å². The zero-order valence-electron chi connectivity index (χ0n) is 12.9. The SMILES string of the molecule is C[C@@H](OCCCNC(=O)c1ccc(Cl)cc1F)c1ccccc1. The molecule has 0 fully saturated rings. The monoisotopic (exact) mass is 335 g/mol. The molecule has 2 aromatic carbocycles. The van der Waals surface area contributed by atoms with Crippen molar-refractivity contribution < 1.29 is 13.9 Å². The average Bonchev–Trinajstić information content (AvgIpc) is 2.55. The summed E-state index contributed by atoms with van der Waals surface area (Å²) >= 11 is 5.66. The summed E-state index contributed by atoms with van der Waals surface area (Å²) in [5.41, 5.74) is 1.10. The first-order valence-corrected chi connectivity index (χ1v) is 7.85. The normalized spacial score (nSPS) is 12.0. The molecule has 2 aromatic rings. The molecule has 0 radical (unpaired) electrons. The Morgan fingerprint density at radius 3 is 2.70 bits per heavy atom. The molecule has 0 saturated carbocycles. The van der Waals surface area contributed by atoms with E-state index in [2.05, 4.69) is 5.32 Å². The molecule has 0 unspecified atom stereocenters. The van der Waals surface area contributed by atoms with Crippen LogP contribution in [-0.4, -0.2) is 19.1 Å². The van der Waals surface area contributed by atoms with Crippen LogP contribution in [0, 0.1) is 5.82 Å². The third kappa shape index (κ3) is 5.34. The first-order chi connectivity index (χ1) is 11.1. The fourth-order valence-corrected chi connectivity index (χ4v) is 2.28. The Balaban J connectivity index is 1.70. The molecule has 0 bridgehead atoms. The number of nitrogens with one attached hydrogen (secondary N) is 1. The van der Waals surface area contributed by atoms with Crippen molar-refractivity contribution in [2.75, 3.05) is 13.2 Å². The Labute approximate surface area is 140 Å². The van der Waals surface area contributed by atoms with Crippen LogP contribution in [0.5, 0.6) is 0 Å². The highest BCUT2D eigenvalue weighted by Gasteiger charge is 2.11. The first kappa shape index (κ1) is 17.4. The van der Waals surface area contributed by atoms with E-state index in [-0.39, 0.29) is 16.7 Å². The number of carbonyl (C=O) groups excluding carboxylic acids is 1. The van der Waals surface area contributed by atoms with Crippen molar-refractivity contribution >= 4 is 17.5 Å². The molecular formula is C18H19ClFNO2. The van der Waals surface area contributed by atoms with Crippen LogP contribution < -0.4 is 5.32 Å². The van der Waals surface area contributed by atoms with Crippen LogP contribution in [0.1, 0.15) is 35.4 Å². The van der Waals surface area contributed by atoms with Crippen molar-refractivity contribution in [1.29, 1.82) is 0 Å². The zero-order chi connectivity index (χ0) is 16.7. The van der Waals surface area contributed by atoms with Crippen LogP contribution in [0.3, 0.4) is 0 Å². The fourth-order valence-electron chi connectivity index (χ4n) is 2.12. The standard InChI is InChI=1S/C18H19ClFNO2/c1-13(14-6-3-2-4-7-14)23-11-5-10-21-18(22)16-9-8-15(19)12-17(16)20/h2-4,6-9,12-13H,5,10-11H2,1H3,(H,21,22)/t13-/m1/s1. The number of amides is 1. The van der Waals surface area contributed by atoms with Crippen LogP contribution in [0.15, 0.2) is 48.5 Å². The molecule has 3 nitrogen and oxygen atoms in total. The van der Waals surface area contributed by atoms with Crippen LogP contribution in [0.25, 0.3) is 0 Å². The molecule has 0 aliphatic heterocycles. The average molecular weight is 336 g/mol. The zero-order valence-corrected chi connectivity index (χ0v) is 13.6. The van der Waals surface area contributed by atoms with Crippen LogP contribution in [0.2, 0.25) is 5.02 Å². The van der Waals surface area contributed by atoms with Crippen LogP contribution in [-0.2, 0) is 4.74 Å². The summed E-state index contributed by atoms with van der Waals surface area (Å²) in [5, 5.41) is 2.94. The molecule has 1 amide bonds. The Bertz CT molecular complexity index is 649. The topological polar surface area (TPSA) is 38.3 Å². The van der Waals surface area contributed by atoms with Crippen molar-refractivity contribution in [1.82, 2.24) is 5.32 Å². The fraction of sp³-hybridized carbons (Fsp3) is 0.278. The second-order valence-corrected chi connectivity index (χ2v) is 5.59. The minimum Gasteiger partial charge on any atom is -0.374 e. The Hall–Kier alpha value is -1.91. The summed E-state index contributed by atoms with van der Waals surface area (Å²) in [4.78, 5) is 11.9. The third-order valence-corrected chi connectivity index (χ3v) is 3.65. The number of hydrogen-bond donors (Lipinski definition) is 1.